The molecule has 0 bridgehead atoms. The van der Waals surface area contributed by atoms with Gasteiger partial charge in [0.15, 0.2) is 0 Å². The molecule has 2 N–H and O–H groups in total. The molecule has 37 heavy (non-hydrogen) atoms. The van der Waals surface area contributed by atoms with Crippen LogP contribution in [-0.4, -0.2) is 48.1 Å². The smallest absolute Gasteiger partial charge is 0.408 e. The summed E-state index contributed by atoms with van der Waals surface area (Å²) in [5.74, 6) is -0.289. The lowest BCUT2D eigenvalue weighted by atomic mass is 9.96. The molecule has 3 amide bonds. The average Bonchev–Trinajstić information content (AvgIpc) is 2.78. The van der Waals surface area contributed by atoms with Crippen molar-refractivity contribution in [2.75, 3.05) is 19.0 Å². The van der Waals surface area contributed by atoms with Crippen LogP contribution in [-0.2, 0) is 14.3 Å². The van der Waals surface area contributed by atoms with Crippen molar-refractivity contribution >= 4 is 23.6 Å². The van der Waals surface area contributed by atoms with Crippen molar-refractivity contribution in [2.45, 2.75) is 73.1 Å². The largest absolute Gasteiger partial charge is 0.497 e. The Morgan fingerprint density at radius 2 is 1.54 bits per heavy atom. The van der Waals surface area contributed by atoms with E-state index in [4.69, 9.17) is 9.47 Å². The van der Waals surface area contributed by atoms with E-state index in [1.54, 1.807) is 52.1 Å². The number of hydrogen-bond acceptors (Lipinski definition) is 5. The number of methoxy groups -OCH3 is 1. The predicted molar refractivity (Wildman–Crippen MR) is 146 cm³/mol. The summed E-state index contributed by atoms with van der Waals surface area (Å²) in [6, 6.07) is 11.0. The number of likely N-dealkylation sites (N-methyl/N-ethyl adjacent to an activating group) is 1. The maximum absolute atomic E-state index is 13.9. The molecule has 0 saturated carbocycles. The quantitative estimate of drug-likeness (QED) is 0.471. The summed E-state index contributed by atoms with van der Waals surface area (Å²) in [7, 11) is 1.57. The van der Waals surface area contributed by atoms with E-state index in [0.717, 1.165) is 11.1 Å². The van der Waals surface area contributed by atoms with Crippen LogP contribution >= 0.6 is 0 Å². The molecule has 0 spiro atoms. The summed E-state index contributed by atoms with van der Waals surface area (Å²) < 4.78 is 10.6. The van der Waals surface area contributed by atoms with Gasteiger partial charge in [-0.3, -0.25) is 9.59 Å². The van der Waals surface area contributed by atoms with Gasteiger partial charge in [-0.15, -0.1) is 0 Å². The highest BCUT2D eigenvalue weighted by atomic mass is 16.6. The van der Waals surface area contributed by atoms with Gasteiger partial charge in [0.25, 0.3) is 5.91 Å². The first-order chi connectivity index (χ1) is 17.2. The Bertz CT molecular complexity index is 1070. The first-order valence-electron chi connectivity index (χ1n) is 12.6. The molecule has 2 atom stereocenters. The van der Waals surface area contributed by atoms with Gasteiger partial charge in [0.1, 0.15) is 23.4 Å². The Morgan fingerprint density at radius 1 is 0.973 bits per heavy atom. The molecule has 0 aliphatic rings. The van der Waals surface area contributed by atoms with Gasteiger partial charge >= 0.3 is 6.09 Å². The van der Waals surface area contributed by atoms with E-state index in [9.17, 15) is 14.4 Å². The number of hydrogen-bond donors (Lipinski definition) is 2. The van der Waals surface area contributed by atoms with Gasteiger partial charge in [-0.2, -0.15) is 0 Å². The van der Waals surface area contributed by atoms with E-state index in [1.807, 2.05) is 52.8 Å². The van der Waals surface area contributed by atoms with Crippen molar-refractivity contribution in [3.05, 3.63) is 59.2 Å². The minimum Gasteiger partial charge on any atom is -0.497 e. The van der Waals surface area contributed by atoms with Crippen LogP contribution in [0.2, 0.25) is 0 Å². The second kappa shape index (κ2) is 12.6. The Hall–Kier alpha value is -3.55. The minimum atomic E-state index is -0.917. The van der Waals surface area contributed by atoms with Crippen LogP contribution in [0.3, 0.4) is 0 Å². The second-order valence-electron chi connectivity index (χ2n) is 10.5. The lowest BCUT2D eigenvalue weighted by Gasteiger charge is -2.35. The van der Waals surface area contributed by atoms with E-state index < -0.39 is 23.8 Å². The first-order valence-corrected chi connectivity index (χ1v) is 12.6. The van der Waals surface area contributed by atoms with E-state index in [2.05, 4.69) is 10.6 Å². The molecule has 0 aromatic heterocycles. The molecule has 202 valence electrons. The number of carbonyl (C=O) groups is 3. The van der Waals surface area contributed by atoms with Crippen molar-refractivity contribution in [3.63, 3.8) is 0 Å². The van der Waals surface area contributed by atoms with Crippen LogP contribution in [0.15, 0.2) is 42.5 Å². The van der Waals surface area contributed by atoms with E-state index in [1.165, 1.54) is 4.90 Å². The third kappa shape index (κ3) is 8.51. The lowest BCUT2D eigenvalue weighted by Crippen LogP contribution is -2.54. The molecule has 0 heterocycles. The lowest BCUT2D eigenvalue weighted by molar-refractivity contribution is -0.141. The fraction of sp³-hybridized carbons (Fsp3) is 0.483. The molecular weight excluding hydrogens is 470 g/mol. The molecule has 0 aliphatic carbocycles. The normalized spacial score (nSPS) is 12.9. The predicted octanol–water partition coefficient (Wildman–Crippen LogP) is 5.39. The fourth-order valence-corrected chi connectivity index (χ4v) is 4.12. The van der Waals surface area contributed by atoms with Gasteiger partial charge < -0.3 is 25.0 Å². The topological polar surface area (TPSA) is 97.0 Å². The monoisotopic (exact) mass is 511 g/mol. The molecule has 0 fully saturated rings. The summed E-state index contributed by atoms with van der Waals surface area (Å²) in [5, 5.41) is 5.66. The first kappa shape index (κ1) is 29.7. The van der Waals surface area contributed by atoms with Crippen LogP contribution in [0.5, 0.6) is 5.75 Å². The van der Waals surface area contributed by atoms with Gasteiger partial charge in [-0.25, -0.2) is 4.79 Å². The third-order valence-electron chi connectivity index (χ3n) is 5.71. The fourth-order valence-electron chi connectivity index (χ4n) is 4.12. The highest BCUT2D eigenvalue weighted by Crippen LogP contribution is 2.27. The molecule has 2 unspecified atom stereocenters. The number of carbonyl (C=O) groups excluding carboxylic acids is 3. The number of aryl methyl sites for hydroxylation is 2. The minimum absolute atomic E-state index is 0.237. The molecule has 8 nitrogen and oxygen atoms in total. The van der Waals surface area contributed by atoms with E-state index >= 15 is 0 Å². The maximum Gasteiger partial charge on any atom is 0.408 e. The third-order valence-corrected chi connectivity index (χ3v) is 5.71. The van der Waals surface area contributed by atoms with Crippen molar-refractivity contribution in [1.29, 1.82) is 0 Å². The summed E-state index contributed by atoms with van der Waals surface area (Å²) >= 11 is 0. The number of rotatable bonds is 9. The van der Waals surface area contributed by atoms with Crippen LogP contribution < -0.4 is 15.4 Å². The molecular formula is C29H41N3O5. The summed E-state index contributed by atoms with van der Waals surface area (Å²) in [6.07, 6.45) is -0.679. The standard InChI is InChI=1S/C29H41N3O5/c1-10-32(27(34)24(18(2)3)31-28(35)37-29(6,7)8)25(21-16-19(4)15-20(5)17-21)26(33)30-22-11-13-23(36-9)14-12-22/h11-18,24-25H,10H2,1-9H3,(H,30,33)(H,31,35). The number of ether oxygens (including phenoxy) is 2. The van der Waals surface area contributed by atoms with E-state index in [-0.39, 0.29) is 24.3 Å². The maximum atomic E-state index is 13.9. The number of anilines is 1. The zero-order valence-electron chi connectivity index (χ0n) is 23.5. The van der Waals surface area contributed by atoms with Crippen molar-refractivity contribution in [3.8, 4) is 5.75 Å². The zero-order chi connectivity index (χ0) is 27.9. The molecule has 8 heteroatoms. The Balaban J connectivity index is 2.47. The van der Waals surface area contributed by atoms with E-state index in [0.29, 0.717) is 17.0 Å². The number of amides is 3. The molecule has 2 aromatic carbocycles. The van der Waals surface area contributed by atoms with Crippen LogP contribution in [0, 0.1) is 19.8 Å². The van der Waals surface area contributed by atoms with Crippen molar-refractivity contribution in [2.24, 2.45) is 5.92 Å². The molecule has 2 rings (SSSR count). The van der Waals surface area contributed by atoms with Gasteiger partial charge in [0.2, 0.25) is 5.91 Å². The molecule has 0 saturated heterocycles. The second-order valence-corrected chi connectivity index (χ2v) is 10.5. The number of nitrogens with one attached hydrogen (secondary N) is 2. The Labute approximate surface area is 220 Å². The molecule has 2 aromatic rings. The van der Waals surface area contributed by atoms with Crippen molar-refractivity contribution < 1.29 is 23.9 Å². The molecule has 0 radical (unpaired) electrons. The van der Waals surface area contributed by atoms with Crippen LogP contribution in [0.1, 0.15) is 64.3 Å². The Kier molecular flexibility index (Phi) is 10.1. The number of nitrogens with zero attached hydrogens (tertiary/aromatic N) is 1. The average molecular weight is 512 g/mol. The number of alkyl carbamates (subject to hydrolysis) is 1. The summed E-state index contributed by atoms with van der Waals surface area (Å²) in [6.45, 7) is 14.9. The SMILES string of the molecule is CCN(C(=O)C(NC(=O)OC(C)(C)C)C(C)C)C(C(=O)Nc1ccc(OC)cc1)c1cc(C)cc(C)c1. The summed E-state index contributed by atoms with van der Waals surface area (Å²) in [5.41, 5.74) is 2.52. The summed E-state index contributed by atoms with van der Waals surface area (Å²) in [4.78, 5) is 41.7. The van der Waals surface area contributed by atoms with Gasteiger partial charge in [-0.1, -0.05) is 43.2 Å². The zero-order valence-corrected chi connectivity index (χ0v) is 23.5. The van der Waals surface area contributed by atoms with Crippen LogP contribution in [0.4, 0.5) is 10.5 Å². The van der Waals surface area contributed by atoms with Gasteiger partial charge in [-0.05, 0) is 77.3 Å². The highest BCUT2D eigenvalue weighted by Gasteiger charge is 2.37. The number of benzene rings is 2. The van der Waals surface area contributed by atoms with Crippen LogP contribution in [0.25, 0.3) is 0 Å². The Morgan fingerprint density at radius 3 is 2.00 bits per heavy atom. The van der Waals surface area contributed by atoms with Gasteiger partial charge in [0.05, 0.1) is 7.11 Å². The molecule has 0 aliphatic heterocycles. The van der Waals surface area contributed by atoms with Gasteiger partial charge in [0, 0.05) is 12.2 Å². The van der Waals surface area contributed by atoms with Crippen molar-refractivity contribution in [1.82, 2.24) is 10.2 Å². The highest BCUT2D eigenvalue weighted by molar-refractivity contribution is 5.99.